The Labute approximate surface area is 282 Å². The molecule has 0 radical (unpaired) electrons. The Morgan fingerprint density at radius 3 is 2.14 bits per heavy atom. The van der Waals surface area contributed by atoms with Crippen LogP contribution in [-0.4, -0.2) is 126 Å². The molecule has 2 aliphatic heterocycles. The van der Waals surface area contributed by atoms with Crippen molar-refractivity contribution in [3.63, 3.8) is 0 Å². The number of benzene rings is 2. The molecule has 9 N–H and O–H groups in total. The second-order valence-corrected chi connectivity index (χ2v) is 12.4. The molecule has 2 aromatic heterocycles. The lowest BCUT2D eigenvalue weighted by atomic mass is 9.99. The second kappa shape index (κ2) is 14.4. The van der Waals surface area contributed by atoms with Gasteiger partial charge in [-0.15, -0.1) is 8.42 Å². The average molecular weight is 724 g/mol. The van der Waals surface area contributed by atoms with Crippen LogP contribution in [0.3, 0.4) is 0 Å². The normalized spacial score (nSPS) is 28.4. The van der Waals surface area contributed by atoms with Crippen molar-refractivity contribution in [2.45, 2.75) is 61.9 Å². The van der Waals surface area contributed by atoms with Crippen LogP contribution in [0.1, 0.15) is 11.8 Å². The lowest BCUT2D eigenvalue weighted by Crippen LogP contribution is -2.60. The van der Waals surface area contributed by atoms with Crippen LogP contribution in [0.2, 0.25) is 0 Å². The number of nitrogens with two attached hydrogens (primary N) is 1. The molecule has 20 nitrogen and oxygen atoms in total. The lowest BCUT2D eigenvalue weighted by molar-refractivity contribution is -0.277. The highest BCUT2D eigenvalue weighted by Gasteiger charge is 2.46. The maximum absolute atomic E-state index is 12.8. The van der Waals surface area contributed by atoms with E-state index in [2.05, 4.69) is 15.0 Å². The van der Waals surface area contributed by atoms with Crippen molar-refractivity contribution in [1.82, 2.24) is 19.5 Å². The Morgan fingerprint density at radius 2 is 1.46 bits per heavy atom. The third kappa shape index (κ3) is 7.22. The Hall–Kier alpha value is -4.42. The summed E-state index contributed by atoms with van der Waals surface area (Å²) in [6, 6.07) is 11.1. The molecule has 2 aliphatic rings. The fourth-order valence-corrected chi connectivity index (χ4v) is 5.99. The summed E-state index contributed by atoms with van der Waals surface area (Å²) in [6.07, 6.45) is -11.5. The highest BCUT2D eigenvalue weighted by molar-refractivity contribution is 7.82. The Bertz CT molecular complexity index is 1900. The van der Waals surface area contributed by atoms with Crippen LogP contribution >= 0.6 is 0 Å². The zero-order chi connectivity index (χ0) is 35.7. The van der Waals surface area contributed by atoms with Gasteiger partial charge >= 0.3 is 10.4 Å². The molecule has 2 aromatic carbocycles. The molecule has 21 heteroatoms. The first-order valence-corrected chi connectivity index (χ1v) is 16.3. The molecule has 0 aliphatic carbocycles. The minimum absolute atomic E-state index is 0.0149. The number of hydrogen-bond donors (Lipinski definition) is 8. The van der Waals surface area contributed by atoms with Crippen molar-refractivity contribution < 1.29 is 71.5 Å². The standard InChI is InChI=1S/C29H33N5O15S/c30-29-32-25-19(31-12-34(25)27-23(40)21(38)17(9-35)45-27)26(33-29)44-11-13-5-7-14(8-6-13)48-50(42,43)49-16-4-2-1-3-15(16)46-28-24(41)22(39)20(37)18(10-36)47-28/h1-8,12,17-18,20-24,27-28,35-41H,9-11H2,(H2,30,32,33)/t17-,18-,20+,21?,22+,23+,24-,27-,28?/m1/s1. The summed E-state index contributed by atoms with van der Waals surface area (Å²) in [6.45, 7) is -1.30. The first-order chi connectivity index (χ1) is 23.9. The van der Waals surface area contributed by atoms with Gasteiger partial charge in [-0.25, -0.2) is 4.98 Å². The summed E-state index contributed by atoms with van der Waals surface area (Å²) in [7, 11) is -4.76. The summed E-state index contributed by atoms with van der Waals surface area (Å²) in [5, 5.41) is 69.7. The number of rotatable bonds is 12. The SMILES string of the molecule is Nc1nc(OCc2ccc(OS(=O)(=O)Oc3ccccc3OC3O[C@H](CO)[C@H](O)[C@H](O)[C@H]3O)cc2)c2ncn([C@@H]3O[C@H](CO)C(O)[C@@H]3O)c2n1. The van der Waals surface area contributed by atoms with E-state index in [4.69, 9.17) is 33.0 Å². The van der Waals surface area contributed by atoms with E-state index in [1.165, 1.54) is 59.4 Å². The number of hydrogen-bond acceptors (Lipinski definition) is 19. The van der Waals surface area contributed by atoms with Crippen LogP contribution in [0, 0.1) is 0 Å². The molecule has 4 aromatic rings. The van der Waals surface area contributed by atoms with Crippen LogP contribution in [-0.2, 0) is 26.5 Å². The number of nitrogens with zero attached hydrogens (tertiary/aromatic N) is 4. The molecule has 0 saturated carbocycles. The van der Waals surface area contributed by atoms with Crippen molar-refractivity contribution in [3.05, 3.63) is 60.4 Å². The van der Waals surface area contributed by atoms with Crippen molar-refractivity contribution in [2.75, 3.05) is 18.9 Å². The number of aliphatic hydroxyl groups is 7. The fraction of sp³-hybridized carbons (Fsp3) is 0.414. The predicted octanol–water partition coefficient (Wildman–Crippen LogP) is -2.52. The molecule has 50 heavy (non-hydrogen) atoms. The van der Waals surface area contributed by atoms with Crippen LogP contribution < -0.4 is 23.6 Å². The molecule has 2 saturated heterocycles. The van der Waals surface area contributed by atoms with Gasteiger partial charge in [0.15, 0.2) is 28.9 Å². The van der Waals surface area contributed by atoms with Gasteiger partial charge in [-0.05, 0) is 29.8 Å². The Kier molecular flexibility index (Phi) is 10.2. The predicted molar refractivity (Wildman–Crippen MR) is 165 cm³/mol. The van der Waals surface area contributed by atoms with Gasteiger partial charge in [0.25, 0.3) is 0 Å². The van der Waals surface area contributed by atoms with Gasteiger partial charge < -0.3 is 68.8 Å². The fourth-order valence-electron chi connectivity index (χ4n) is 5.25. The summed E-state index contributed by atoms with van der Waals surface area (Å²) >= 11 is 0. The number of anilines is 1. The summed E-state index contributed by atoms with van der Waals surface area (Å²) in [5.41, 5.74) is 6.72. The van der Waals surface area contributed by atoms with Gasteiger partial charge in [0, 0.05) is 0 Å². The van der Waals surface area contributed by atoms with Crippen LogP contribution in [0.15, 0.2) is 54.9 Å². The van der Waals surface area contributed by atoms with E-state index in [1.807, 2.05) is 0 Å². The monoisotopic (exact) mass is 723 g/mol. The molecular weight excluding hydrogens is 690 g/mol. The number of nitrogen functional groups attached to an aromatic ring is 1. The van der Waals surface area contributed by atoms with E-state index in [1.54, 1.807) is 0 Å². The minimum atomic E-state index is -4.76. The first-order valence-electron chi connectivity index (χ1n) is 14.9. The highest BCUT2D eigenvalue weighted by atomic mass is 32.3. The van der Waals surface area contributed by atoms with Gasteiger partial charge in [0.1, 0.15) is 55.1 Å². The van der Waals surface area contributed by atoms with Crippen molar-refractivity contribution >= 4 is 27.5 Å². The maximum Gasteiger partial charge on any atom is 0.501 e. The zero-order valence-electron chi connectivity index (χ0n) is 25.7. The lowest BCUT2D eigenvalue weighted by Gasteiger charge is -2.39. The molecule has 9 atom stereocenters. The third-order valence-electron chi connectivity index (χ3n) is 7.83. The van der Waals surface area contributed by atoms with E-state index in [0.717, 1.165) is 0 Å². The zero-order valence-corrected chi connectivity index (χ0v) is 26.5. The van der Waals surface area contributed by atoms with Crippen molar-refractivity contribution in [3.8, 4) is 23.1 Å². The molecule has 270 valence electrons. The second-order valence-electron chi connectivity index (χ2n) is 11.2. The van der Waals surface area contributed by atoms with Crippen LogP contribution in [0.5, 0.6) is 23.1 Å². The van der Waals surface area contributed by atoms with E-state index < -0.39 is 78.9 Å². The van der Waals surface area contributed by atoms with E-state index in [0.29, 0.717) is 5.56 Å². The van der Waals surface area contributed by atoms with E-state index in [9.17, 15) is 44.2 Å². The Morgan fingerprint density at radius 1 is 0.800 bits per heavy atom. The highest BCUT2D eigenvalue weighted by Crippen LogP contribution is 2.34. The smallest absolute Gasteiger partial charge is 0.471 e. The van der Waals surface area contributed by atoms with Crippen LogP contribution in [0.4, 0.5) is 5.95 Å². The van der Waals surface area contributed by atoms with Gasteiger partial charge in [0.2, 0.25) is 18.1 Å². The van der Waals surface area contributed by atoms with E-state index in [-0.39, 0.29) is 46.8 Å². The molecule has 0 amide bonds. The summed E-state index contributed by atoms with van der Waals surface area (Å²) in [5.74, 6) is -0.911. The maximum atomic E-state index is 12.8. The molecule has 2 unspecified atom stereocenters. The van der Waals surface area contributed by atoms with Crippen molar-refractivity contribution in [1.29, 1.82) is 0 Å². The summed E-state index contributed by atoms with van der Waals surface area (Å²) < 4.78 is 59.3. The molecular formula is C29H33N5O15S. The number of para-hydroxylation sites is 2. The van der Waals surface area contributed by atoms with Gasteiger partial charge in [0.05, 0.1) is 19.5 Å². The third-order valence-corrected chi connectivity index (χ3v) is 8.61. The minimum Gasteiger partial charge on any atom is -0.471 e. The summed E-state index contributed by atoms with van der Waals surface area (Å²) in [4.78, 5) is 12.5. The Balaban J connectivity index is 1.10. The number of ether oxygens (including phenoxy) is 4. The number of fused-ring (bicyclic) bond motifs is 1. The number of aromatic nitrogens is 4. The number of imidazole rings is 1. The molecule has 2 fully saturated rings. The van der Waals surface area contributed by atoms with Gasteiger partial charge in [-0.1, -0.05) is 24.3 Å². The molecule has 0 bridgehead atoms. The molecule has 4 heterocycles. The number of aliphatic hydroxyl groups excluding tert-OH is 7. The van der Waals surface area contributed by atoms with Crippen LogP contribution in [0.25, 0.3) is 11.2 Å². The molecule has 0 spiro atoms. The first kappa shape index (κ1) is 35.4. The van der Waals surface area contributed by atoms with Gasteiger partial charge in [-0.2, -0.15) is 9.97 Å². The molecule has 6 rings (SSSR count). The van der Waals surface area contributed by atoms with Crippen molar-refractivity contribution in [2.24, 2.45) is 0 Å². The average Bonchev–Trinajstić information content (AvgIpc) is 3.64. The topological polar surface area (TPSA) is 301 Å². The quantitative estimate of drug-likeness (QED) is 0.0748. The largest absolute Gasteiger partial charge is 0.501 e. The van der Waals surface area contributed by atoms with Gasteiger partial charge in [-0.3, -0.25) is 4.57 Å². The van der Waals surface area contributed by atoms with E-state index >= 15 is 0 Å².